The predicted octanol–water partition coefficient (Wildman–Crippen LogP) is 1.09. The molecule has 0 aromatic carbocycles. The summed E-state index contributed by atoms with van der Waals surface area (Å²) in [7, 11) is 0. The number of aliphatic imine (C=N–C) groups is 1. The second kappa shape index (κ2) is 4.96. The van der Waals surface area contributed by atoms with Crippen LogP contribution in [-0.2, 0) is 0 Å². The lowest BCUT2D eigenvalue weighted by Crippen LogP contribution is -2.42. The van der Waals surface area contributed by atoms with Crippen LogP contribution in [0.1, 0.15) is 13.8 Å². The lowest BCUT2D eigenvalue weighted by atomic mass is 10.3. The second-order valence-corrected chi connectivity index (χ2v) is 3.24. The molecule has 0 atom stereocenters. The van der Waals surface area contributed by atoms with Crippen LogP contribution in [0.2, 0.25) is 0 Å². The van der Waals surface area contributed by atoms with Crippen molar-refractivity contribution < 1.29 is 0 Å². The van der Waals surface area contributed by atoms with Gasteiger partial charge in [0.25, 0.3) is 0 Å². The number of pyridine rings is 1. The van der Waals surface area contributed by atoms with E-state index in [-0.39, 0.29) is 12.0 Å². The quantitative estimate of drug-likeness (QED) is 0.443. The van der Waals surface area contributed by atoms with E-state index in [2.05, 4.69) is 9.98 Å². The molecule has 0 saturated carbocycles. The average Bonchev–Trinajstić information content (AvgIpc) is 2.19. The minimum absolute atomic E-state index is 0.117. The summed E-state index contributed by atoms with van der Waals surface area (Å²) in [6.07, 6.45) is 5.03. The van der Waals surface area contributed by atoms with Crippen LogP contribution < -0.4 is 10.6 Å². The van der Waals surface area contributed by atoms with Gasteiger partial charge >= 0.3 is 0 Å². The zero-order valence-electron chi connectivity index (χ0n) is 8.75. The van der Waals surface area contributed by atoms with Gasteiger partial charge in [0.2, 0.25) is 12.2 Å². The highest BCUT2D eigenvalue weighted by atomic mass is 15.3. The molecular weight excluding hydrogens is 190 g/mol. The van der Waals surface area contributed by atoms with Gasteiger partial charge in [-0.2, -0.15) is 5.26 Å². The van der Waals surface area contributed by atoms with Crippen molar-refractivity contribution in [3.8, 4) is 6.19 Å². The van der Waals surface area contributed by atoms with Crippen molar-refractivity contribution in [3.05, 3.63) is 24.5 Å². The molecule has 15 heavy (non-hydrogen) atoms. The first-order chi connectivity index (χ1) is 7.16. The Hall–Kier alpha value is -2.09. The molecule has 0 aliphatic heterocycles. The van der Waals surface area contributed by atoms with Crippen LogP contribution in [0.15, 0.2) is 29.5 Å². The van der Waals surface area contributed by atoms with Crippen molar-refractivity contribution >= 4 is 11.6 Å². The summed E-state index contributed by atoms with van der Waals surface area (Å²) in [6, 6.07) is 3.79. The zero-order valence-corrected chi connectivity index (χ0v) is 8.75. The lowest BCUT2D eigenvalue weighted by Gasteiger charge is -2.26. The van der Waals surface area contributed by atoms with Crippen LogP contribution >= 0.6 is 0 Å². The maximum absolute atomic E-state index is 8.45. The normalized spacial score (nSPS) is 11.2. The van der Waals surface area contributed by atoms with E-state index in [1.807, 2.05) is 26.0 Å². The van der Waals surface area contributed by atoms with Gasteiger partial charge in [-0.05, 0) is 26.0 Å². The number of nitrogens with two attached hydrogens (primary N) is 1. The molecule has 5 heteroatoms. The third kappa shape index (κ3) is 2.68. The standard InChI is InChI=1S/C10H13N5/c1-8(2)15(10(12)14-7-11)9-4-3-5-13-6-9/h3-6,8H,1-2H3,(H2,12,14). The molecule has 0 aliphatic carbocycles. The van der Waals surface area contributed by atoms with Crippen LogP contribution in [0.3, 0.4) is 0 Å². The van der Waals surface area contributed by atoms with Crippen molar-refractivity contribution in [1.82, 2.24) is 4.98 Å². The van der Waals surface area contributed by atoms with Gasteiger partial charge in [0.05, 0.1) is 11.9 Å². The molecule has 1 aromatic rings. The number of nitriles is 1. The van der Waals surface area contributed by atoms with Crippen molar-refractivity contribution in [3.63, 3.8) is 0 Å². The van der Waals surface area contributed by atoms with Gasteiger partial charge in [-0.25, -0.2) is 0 Å². The van der Waals surface area contributed by atoms with Gasteiger partial charge in [-0.1, -0.05) is 0 Å². The second-order valence-electron chi connectivity index (χ2n) is 3.24. The van der Waals surface area contributed by atoms with Crippen molar-refractivity contribution in [1.29, 1.82) is 5.26 Å². The SMILES string of the molecule is CC(C)N(C(N)=NC#N)c1cccnc1. The zero-order chi connectivity index (χ0) is 11.3. The predicted molar refractivity (Wildman–Crippen MR) is 59.1 cm³/mol. The molecule has 78 valence electrons. The minimum atomic E-state index is 0.117. The van der Waals surface area contributed by atoms with E-state index in [9.17, 15) is 0 Å². The Morgan fingerprint density at radius 1 is 1.67 bits per heavy atom. The van der Waals surface area contributed by atoms with E-state index < -0.39 is 0 Å². The molecular formula is C10H13N5. The molecule has 0 aliphatic rings. The molecule has 0 spiro atoms. The third-order valence-corrected chi connectivity index (χ3v) is 1.85. The molecule has 1 rings (SSSR count). The van der Waals surface area contributed by atoms with Gasteiger partial charge in [-0.15, -0.1) is 4.99 Å². The lowest BCUT2D eigenvalue weighted by molar-refractivity contribution is 0.800. The first-order valence-corrected chi connectivity index (χ1v) is 4.58. The monoisotopic (exact) mass is 203 g/mol. The average molecular weight is 203 g/mol. The molecule has 2 N–H and O–H groups in total. The Morgan fingerprint density at radius 2 is 2.40 bits per heavy atom. The Labute approximate surface area is 88.9 Å². The maximum Gasteiger partial charge on any atom is 0.212 e. The molecule has 0 bridgehead atoms. The van der Waals surface area contributed by atoms with Crippen LogP contribution in [-0.4, -0.2) is 17.0 Å². The van der Waals surface area contributed by atoms with Crippen LogP contribution in [0.4, 0.5) is 5.69 Å². The summed E-state index contributed by atoms with van der Waals surface area (Å²) in [6.45, 7) is 3.93. The van der Waals surface area contributed by atoms with Gasteiger partial charge < -0.3 is 10.6 Å². The summed E-state index contributed by atoms with van der Waals surface area (Å²) in [5.41, 5.74) is 6.51. The number of nitrogens with zero attached hydrogens (tertiary/aromatic N) is 4. The summed E-state index contributed by atoms with van der Waals surface area (Å²) >= 11 is 0. The van der Waals surface area contributed by atoms with Crippen LogP contribution in [0.25, 0.3) is 0 Å². The Balaban J connectivity index is 3.06. The highest BCUT2D eigenvalue weighted by molar-refractivity contribution is 5.95. The summed E-state index contributed by atoms with van der Waals surface area (Å²) in [4.78, 5) is 9.26. The topological polar surface area (TPSA) is 78.3 Å². The first-order valence-electron chi connectivity index (χ1n) is 4.58. The van der Waals surface area contributed by atoms with Crippen molar-refractivity contribution in [2.45, 2.75) is 19.9 Å². The first kappa shape index (κ1) is 11.0. The Kier molecular flexibility index (Phi) is 3.63. The van der Waals surface area contributed by atoms with Gasteiger partial charge in [0, 0.05) is 12.2 Å². The number of rotatable bonds is 2. The fourth-order valence-corrected chi connectivity index (χ4v) is 1.30. The number of anilines is 1. The van der Waals surface area contributed by atoms with Crippen LogP contribution in [0, 0.1) is 11.5 Å². The van der Waals surface area contributed by atoms with E-state index in [1.165, 1.54) is 0 Å². The van der Waals surface area contributed by atoms with Crippen molar-refractivity contribution in [2.24, 2.45) is 10.7 Å². The van der Waals surface area contributed by atoms with Crippen LogP contribution in [0.5, 0.6) is 0 Å². The van der Waals surface area contributed by atoms with Crippen molar-refractivity contribution in [2.75, 3.05) is 4.90 Å². The number of guanidine groups is 1. The molecule has 0 amide bonds. The molecule has 0 unspecified atom stereocenters. The fraction of sp³-hybridized carbons (Fsp3) is 0.300. The van der Waals surface area contributed by atoms with E-state index >= 15 is 0 Å². The summed E-state index contributed by atoms with van der Waals surface area (Å²) in [5.74, 6) is 0.181. The third-order valence-electron chi connectivity index (χ3n) is 1.85. The maximum atomic E-state index is 8.45. The van der Waals surface area contributed by atoms with Gasteiger partial charge in [-0.3, -0.25) is 4.98 Å². The molecule has 0 fully saturated rings. The Bertz CT molecular complexity index is 377. The van der Waals surface area contributed by atoms with E-state index in [0.717, 1.165) is 5.69 Å². The number of aromatic nitrogens is 1. The van der Waals surface area contributed by atoms with E-state index in [0.29, 0.717) is 0 Å². The number of hydrogen-bond donors (Lipinski definition) is 1. The minimum Gasteiger partial charge on any atom is -0.369 e. The molecule has 5 nitrogen and oxygen atoms in total. The molecule has 1 aromatic heterocycles. The highest BCUT2D eigenvalue weighted by Gasteiger charge is 2.14. The summed E-state index contributed by atoms with van der Waals surface area (Å²) < 4.78 is 0. The smallest absolute Gasteiger partial charge is 0.212 e. The molecule has 0 saturated heterocycles. The fourth-order valence-electron chi connectivity index (χ4n) is 1.30. The highest BCUT2D eigenvalue weighted by Crippen LogP contribution is 2.14. The van der Waals surface area contributed by atoms with Gasteiger partial charge in [0.15, 0.2) is 0 Å². The summed E-state index contributed by atoms with van der Waals surface area (Å²) in [5, 5.41) is 8.45. The van der Waals surface area contributed by atoms with E-state index in [4.69, 9.17) is 11.0 Å². The van der Waals surface area contributed by atoms with E-state index in [1.54, 1.807) is 23.5 Å². The Morgan fingerprint density at radius 3 is 2.87 bits per heavy atom. The molecule has 0 radical (unpaired) electrons. The number of hydrogen-bond acceptors (Lipinski definition) is 3. The largest absolute Gasteiger partial charge is 0.369 e. The molecule has 1 heterocycles. The van der Waals surface area contributed by atoms with Gasteiger partial charge in [0.1, 0.15) is 0 Å².